The van der Waals surface area contributed by atoms with Crippen LogP contribution >= 0.6 is 0 Å². The Hall–Kier alpha value is -4.60. The fraction of sp³-hybridized carbons (Fsp3) is 0. The first kappa shape index (κ1) is 20.7. The van der Waals surface area contributed by atoms with Gasteiger partial charge < -0.3 is 15.8 Å². The largest absolute Gasteiger partial charge is 0.436 e. The highest BCUT2D eigenvalue weighted by atomic mass is 19.1. The molecule has 0 unspecified atom stereocenters. The fourth-order valence-corrected chi connectivity index (χ4v) is 2.83. The topological polar surface area (TPSA) is 112 Å². The van der Waals surface area contributed by atoms with Crippen LogP contribution in [0, 0.1) is 11.6 Å². The second-order valence-corrected chi connectivity index (χ2v) is 6.53. The third kappa shape index (κ3) is 4.29. The van der Waals surface area contributed by atoms with Crippen LogP contribution in [-0.4, -0.2) is 20.4 Å². The van der Waals surface area contributed by atoms with Crippen molar-refractivity contribution < 1.29 is 18.3 Å². The summed E-state index contributed by atoms with van der Waals surface area (Å²) in [5.41, 5.74) is 5.51. The summed E-state index contributed by atoms with van der Waals surface area (Å²) < 4.78 is 33.6. The van der Waals surface area contributed by atoms with Crippen LogP contribution in [0.4, 0.5) is 20.3 Å². The molecule has 32 heavy (non-hydrogen) atoms. The average molecular weight is 435 g/mol. The summed E-state index contributed by atoms with van der Waals surface area (Å²) in [6.07, 6.45) is 2.55. The van der Waals surface area contributed by atoms with Crippen LogP contribution in [0.5, 0.6) is 11.6 Å². The molecule has 8 nitrogen and oxygen atoms in total. The number of hydrogen-bond donors (Lipinski definition) is 2. The molecule has 0 bridgehead atoms. The van der Waals surface area contributed by atoms with Crippen molar-refractivity contribution in [1.82, 2.24) is 14.5 Å². The first-order chi connectivity index (χ1) is 15.4. The molecule has 0 radical (unpaired) electrons. The summed E-state index contributed by atoms with van der Waals surface area (Å²) in [7, 11) is 0. The molecule has 0 aliphatic rings. The summed E-state index contributed by atoms with van der Waals surface area (Å²) >= 11 is 0. The van der Waals surface area contributed by atoms with E-state index in [2.05, 4.69) is 15.3 Å². The SMILES string of the molecule is Nc1ncnc(Oc2ccc(NC(=O)c3cccn(-c4ccc(F)cc4)c3=O)cc2)c1F. The number of hydrogen-bond acceptors (Lipinski definition) is 6. The van der Waals surface area contributed by atoms with Gasteiger partial charge in [0.05, 0.1) is 0 Å². The molecule has 4 rings (SSSR count). The Morgan fingerprint density at radius 3 is 2.44 bits per heavy atom. The number of benzene rings is 2. The van der Waals surface area contributed by atoms with Gasteiger partial charge in [0.1, 0.15) is 23.5 Å². The number of amides is 1. The van der Waals surface area contributed by atoms with Crippen molar-refractivity contribution in [3.05, 3.63) is 101 Å². The number of anilines is 2. The summed E-state index contributed by atoms with van der Waals surface area (Å²) in [5, 5.41) is 2.61. The minimum Gasteiger partial charge on any atom is -0.436 e. The second-order valence-electron chi connectivity index (χ2n) is 6.53. The molecule has 0 aliphatic carbocycles. The van der Waals surface area contributed by atoms with Crippen molar-refractivity contribution in [2.75, 3.05) is 11.1 Å². The molecule has 3 N–H and O–H groups in total. The third-order valence-electron chi connectivity index (χ3n) is 4.41. The molecule has 4 aromatic rings. The zero-order chi connectivity index (χ0) is 22.7. The van der Waals surface area contributed by atoms with Crippen LogP contribution < -0.4 is 21.3 Å². The zero-order valence-corrected chi connectivity index (χ0v) is 16.3. The minimum atomic E-state index is -0.883. The van der Waals surface area contributed by atoms with E-state index in [9.17, 15) is 18.4 Å². The Morgan fingerprint density at radius 1 is 1.00 bits per heavy atom. The van der Waals surface area contributed by atoms with Crippen LogP contribution in [0.25, 0.3) is 5.69 Å². The highest BCUT2D eigenvalue weighted by Gasteiger charge is 2.14. The lowest BCUT2D eigenvalue weighted by Crippen LogP contribution is -2.27. The molecule has 0 spiro atoms. The summed E-state index contributed by atoms with van der Waals surface area (Å²) in [4.78, 5) is 32.6. The molecule has 10 heteroatoms. The van der Waals surface area contributed by atoms with E-state index in [1.54, 1.807) is 6.07 Å². The number of nitrogen functional groups attached to an aromatic ring is 1. The predicted octanol–water partition coefficient (Wildman–Crippen LogP) is 3.53. The average Bonchev–Trinajstić information content (AvgIpc) is 2.79. The van der Waals surface area contributed by atoms with Crippen molar-refractivity contribution >= 4 is 17.4 Å². The molecule has 0 saturated carbocycles. The van der Waals surface area contributed by atoms with Crippen LogP contribution in [0.15, 0.2) is 78.0 Å². The Bertz CT molecular complexity index is 1340. The highest BCUT2D eigenvalue weighted by molar-refractivity contribution is 6.04. The van der Waals surface area contributed by atoms with Crippen molar-refractivity contribution in [2.45, 2.75) is 0 Å². The van der Waals surface area contributed by atoms with Gasteiger partial charge in [-0.15, -0.1) is 0 Å². The first-order valence-electron chi connectivity index (χ1n) is 9.25. The number of nitrogens with zero attached hydrogens (tertiary/aromatic N) is 3. The molecular weight excluding hydrogens is 420 g/mol. The standard InChI is InChI=1S/C22H15F2N5O3/c23-13-3-7-15(8-4-13)29-11-1-2-17(22(29)31)20(30)28-14-5-9-16(10-6-14)32-21-18(24)19(25)26-12-27-21/h1-12H,(H,28,30)(H2,25,26,27). The normalized spacial score (nSPS) is 10.6. The molecule has 0 atom stereocenters. The van der Waals surface area contributed by atoms with Crippen molar-refractivity contribution in [1.29, 1.82) is 0 Å². The van der Waals surface area contributed by atoms with Gasteiger partial charge in [-0.1, -0.05) is 0 Å². The van der Waals surface area contributed by atoms with Crippen molar-refractivity contribution in [3.63, 3.8) is 0 Å². The Morgan fingerprint density at radius 2 is 1.72 bits per heavy atom. The van der Waals surface area contributed by atoms with E-state index in [4.69, 9.17) is 10.5 Å². The van der Waals surface area contributed by atoms with E-state index < -0.39 is 23.1 Å². The van der Waals surface area contributed by atoms with Gasteiger partial charge in [-0.05, 0) is 60.7 Å². The van der Waals surface area contributed by atoms with Gasteiger partial charge in [0, 0.05) is 17.6 Å². The maximum atomic E-state index is 13.9. The molecule has 0 aliphatic heterocycles. The lowest BCUT2D eigenvalue weighted by molar-refractivity contribution is 0.102. The van der Waals surface area contributed by atoms with Crippen molar-refractivity contribution in [3.8, 4) is 17.3 Å². The van der Waals surface area contributed by atoms with Crippen molar-refractivity contribution in [2.24, 2.45) is 0 Å². The minimum absolute atomic E-state index is 0.101. The molecule has 2 aromatic carbocycles. The maximum absolute atomic E-state index is 13.9. The number of carbonyl (C=O) groups is 1. The zero-order valence-electron chi connectivity index (χ0n) is 16.3. The van der Waals surface area contributed by atoms with Gasteiger partial charge in [0.25, 0.3) is 17.3 Å². The summed E-state index contributed by atoms with van der Waals surface area (Å²) in [6, 6.07) is 14.2. The number of pyridine rings is 1. The van der Waals surface area contributed by atoms with Gasteiger partial charge in [0.15, 0.2) is 5.82 Å². The number of nitrogens with two attached hydrogens (primary N) is 1. The monoisotopic (exact) mass is 435 g/mol. The van der Waals surface area contributed by atoms with Crippen LogP contribution in [0.1, 0.15) is 10.4 Å². The molecular formula is C22H15F2N5O3. The second kappa shape index (κ2) is 8.64. The Kier molecular flexibility index (Phi) is 5.58. The fourth-order valence-electron chi connectivity index (χ4n) is 2.83. The molecule has 2 aromatic heterocycles. The Labute approximate surface area is 179 Å². The lowest BCUT2D eigenvalue weighted by Gasteiger charge is -2.10. The smallest absolute Gasteiger partial charge is 0.267 e. The maximum Gasteiger partial charge on any atom is 0.267 e. The highest BCUT2D eigenvalue weighted by Crippen LogP contribution is 2.25. The van der Waals surface area contributed by atoms with E-state index in [0.29, 0.717) is 11.4 Å². The Balaban J connectivity index is 1.51. The van der Waals surface area contributed by atoms with Crippen LogP contribution in [-0.2, 0) is 0 Å². The number of nitrogens with one attached hydrogen (secondary N) is 1. The molecule has 0 saturated heterocycles. The van der Waals surface area contributed by atoms with E-state index >= 15 is 0 Å². The van der Waals surface area contributed by atoms with Crippen LogP contribution in [0.2, 0.25) is 0 Å². The summed E-state index contributed by atoms with van der Waals surface area (Å²) in [6.45, 7) is 0. The first-order valence-corrected chi connectivity index (χ1v) is 9.25. The number of carbonyl (C=O) groups excluding carboxylic acids is 1. The number of halogens is 2. The van der Waals surface area contributed by atoms with E-state index in [-0.39, 0.29) is 23.0 Å². The quantitative estimate of drug-likeness (QED) is 0.496. The molecule has 1 amide bonds. The number of aromatic nitrogens is 3. The third-order valence-corrected chi connectivity index (χ3v) is 4.41. The molecule has 0 fully saturated rings. The van der Waals surface area contributed by atoms with E-state index in [1.165, 1.54) is 65.4 Å². The number of ether oxygens (including phenoxy) is 1. The predicted molar refractivity (Wildman–Crippen MR) is 113 cm³/mol. The van der Waals surface area contributed by atoms with Crippen LogP contribution in [0.3, 0.4) is 0 Å². The summed E-state index contributed by atoms with van der Waals surface area (Å²) in [5.74, 6) is -2.37. The van der Waals surface area contributed by atoms with Gasteiger partial charge in [-0.2, -0.15) is 9.37 Å². The van der Waals surface area contributed by atoms with Gasteiger partial charge >= 0.3 is 0 Å². The van der Waals surface area contributed by atoms with Gasteiger partial charge in [0.2, 0.25) is 5.82 Å². The van der Waals surface area contributed by atoms with E-state index in [1.807, 2.05) is 0 Å². The van der Waals surface area contributed by atoms with E-state index in [0.717, 1.165) is 6.33 Å². The van der Waals surface area contributed by atoms with Gasteiger partial charge in [-0.25, -0.2) is 9.37 Å². The lowest BCUT2D eigenvalue weighted by atomic mass is 10.2. The molecule has 160 valence electrons. The van der Waals surface area contributed by atoms with Gasteiger partial charge in [-0.3, -0.25) is 14.2 Å². The number of rotatable bonds is 5. The molecule has 2 heterocycles.